The molecule has 1 aromatic heterocycles. The van der Waals surface area contributed by atoms with Crippen LogP contribution in [0.3, 0.4) is 0 Å². The maximum absolute atomic E-state index is 13.1. The van der Waals surface area contributed by atoms with Crippen LogP contribution in [0.1, 0.15) is 26.3 Å². The van der Waals surface area contributed by atoms with Crippen molar-refractivity contribution in [1.29, 1.82) is 0 Å². The Kier molecular flexibility index (Phi) is 3.77. The Balaban J connectivity index is 2.68. The molecular formula is C12H14FNO2. The number of hydrogen-bond acceptors (Lipinski definition) is 3. The van der Waals surface area contributed by atoms with Gasteiger partial charge in [-0.25, -0.2) is 9.78 Å². The van der Waals surface area contributed by atoms with E-state index in [9.17, 15) is 9.18 Å². The largest absolute Gasteiger partial charge is 0.457 e. The maximum Gasteiger partial charge on any atom is 0.331 e. The first-order valence-electron chi connectivity index (χ1n) is 4.90. The third-order valence-corrected chi connectivity index (χ3v) is 1.59. The molecule has 0 bridgehead atoms. The lowest BCUT2D eigenvalue weighted by Crippen LogP contribution is -2.22. The molecule has 0 aromatic carbocycles. The Morgan fingerprint density at radius 3 is 2.75 bits per heavy atom. The van der Waals surface area contributed by atoms with E-state index < -0.39 is 17.5 Å². The summed E-state index contributed by atoms with van der Waals surface area (Å²) in [6.45, 7) is 5.30. The topological polar surface area (TPSA) is 39.2 Å². The molecule has 0 aliphatic heterocycles. The van der Waals surface area contributed by atoms with Gasteiger partial charge in [-0.3, -0.25) is 0 Å². The summed E-state index contributed by atoms with van der Waals surface area (Å²) in [5.41, 5.74) is -0.289. The van der Waals surface area contributed by atoms with Crippen LogP contribution >= 0.6 is 0 Å². The van der Waals surface area contributed by atoms with Crippen molar-refractivity contribution in [2.75, 3.05) is 0 Å². The van der Waals surface area contributed by atoms with Gasteiger partial charge in [0, 0.05) is 17.8 Å². The van der Waals surface area contributed by atoms with E-state index in [4.69, 9.17) is 4.74 Å². The summed E-state index contributed by atoms with van der Waals surface area (Å²) in [7, 11) is 0. The average Bonchev–Trinajstić information content (AvgIpc) is 2.14. The number of aromatic nitrogens is 1. The summed E-state index contributed by atoms with van der Waals surface area (Å²) in [6.07, 6.45) is 3.88. The van der Waals surface area contributed by atoms with Crippen molar-refractivity contribution in [3.8, 4) is 0 Å². The highest BCUT2D eigenvalue weighted by Gasteiger charge is 2.13. The van der Waals surface area contributed by atoms with Crippen molar-refractivity contribution in [3.05, 3.63) is 35.9 Å². The van der Waals surface area contributed by atoms with E-state index >= 15 is 0 Å². The highest BCUT2D eigenvalue weighted by Crippen LogP contribution is 2.09. The summed E-state index contributed by atoms with van der Waals surface area (Å²) >= 11 is 0. The molecule has 1 heterocycles. The fourth-order valence-corrected chi connectivity index (χ4v) is 1.02. The van der Waals surface area contributed by atoms with E-state index in [0.29, 0.717) is 0 Å². The molecule has 0 amide bonds. The Labute approximate surface area is 94.0 Å². The Morgan fingerprint density at radius 1 is 1.50 bits per heavy atom. The van der Waals surface area contributed by atoms with Crippen LogP contribution in [-0.4, -0.2) is 16.6 Å². The third kappa shape index (κ3) is 4.21. The Hall–Kier alpha value is -1.71. The smallest absolute Gasteiger partial charge is 0.331 e. The summed E-state index contributed by atoms with van der Waals surface area (Å²) in [5, 5.41) is 0. The second-order valence-corrected chi connectivity index (χ2v) is 4.25. The zero-order chi connectivity index (χ0) is 12.2. The van der Waals surface area contributed by atoms with Crippen molar-refractivity contribution in [2.24, 2.45) is 0 Å². The van der Waals surface area contributed by atoms with Gasteiger partial charge in [0.2, 0.25) is 5.95 Å². The van der Waals surface area contributed by atoms with E-state index in [0.717, 1.165) is 0 Å². The second-order valence-electron chi connectivity index (χ2n) is 4.25. The Bertz CT molecular complexity index is 408. The van der Waals surface area contributed by atoms with Gasteiger partial charge < -0.3 is 4.74 Å². The molecule has 86 valence electrons. The van der Waals surface area contributed by atoms with Gasteiger partial charge in [0.25, 0.3) is 0 Å². The van der Waals surface area contributed by atoms with Gasteiger partial charge in [0.1, 0.15) is 5.60 Å². The molecule has 0 fully saturated rings. The van der Waals surface area contributed by atoms with Crippen LogP contribution in [0.4, 0.5) is 4.39 Å². The minimum Gasteiger partial charge on any atom is -0.457 e. The van der Waals surface area contributed by atoms with Gasteiger partial charge >= 0.3 is 5.97 Å². The van der Waals surface area contributed by atoms with Crippen LogP contribution in [0, 0.1) is 5.95 Å². The normalized spacial score (nSPS) is 11.8. The van der Waals surface area contributed by atoms with Crippen molar-refractivity contribution in [1.82, 2.24) is 4.98 Å². The van der Waals surface area contributed by atoms with E-state index in [2.05, 4.69) is 4.98 Å². The standard InChI is InChI=1S/C12H14FNO2/c1-12(2,3)16-10(15)7-6-9-5-4-8-14-11(9)13/h4-8H,1-3H3/b7-6+. The number of carbonyl (C=O) groups is 1. The summed E-state index contributed by atoms with van der Waals surface area (Å²) in [6, 6.07) is 3.13. The number of carbonyl (C=O) groups excluding carboxylic acids is 1. The molecule has 0 aliphatic carbocycles. The quantitative estimate of drug-likeness (QED) is 0.439. The van der Waals surface area contributed by atoms with E-state index in [1.807, 2.05) is 0 Å². The molecular weight excluding hydrogens is 209 g/mol. The number of pyridine rings is 1. The number of nitrogens with zero attached hydrogens (tertiary/aromatic N) is 1. The van der Waals surface area contributed by atoms with Crippen molar-refractivity contribution in [2.45, 2.75) is 26.4 Å². The lowest BCUT2D eigenvalue weighted by Gasteiger charge is -2.17. The summed E-state index contributed by atoms with van der Waals surface area (Å²) in [4.78, 5) is 14.8. The van der Waals surface area contributed by atoms with Crippen LogP contribution in [-0.2, 0) is 9.53 Å². The number of esters is 1. The predicted molar refractivity (Wildman–Crippen MR) is 59.1 cm³/mol. The third-order valence-electron chi connectivity index (χ3n) is 1.59. The fourth-order valence-electron chi connectivity index (χ4n) is 1.02. The zero-order valence-electron chi connectivity index (χ0n) is 9.53. The first-order chi connectivity index (χ1) is 7.38. The summed E-state index contributed by atoms with van der Waals surface area (Å²) in [5.74, 6) is -1.11. The molecule has 4 heteroatoms. The van der Waals surface area contributed by atoms with Crippen LogP contribution < -0.4 is 0 Å². The molecule has 0 aliphatic rings. The molecule has 0 unspecified atom stereocenters. The average molecular weight is 223 g/mol. The van der Waals surface area contributed by atoms with Gasteiger partial charge in [0.15, 0.2) is 0 Å². The molecule has 0 saturated carbocycles. The minimum atomic E-state index is -0.609. The lowest BCUT2D eigenvalue weighted by atomic mass is 10.2. The fraction of sp³-hybridized carbons (Fsp3) is 0.333. The van der Waals surface area contributed by atoms with Crippen LogP contribution in [0.15, 0.2) is 24.4 Å². The first-order valence-corrected chi connectivity index (χ1v) is 4.90. The van der Waals surface area contributed by atoms with Crippen molar-refractivity contribution >= 4 is 12.0 Å². The number of halogens is 1. The van der Waals surface area contributed by atoms with E-state index in [-0.39, 0.29) is 5.56 Å². The van der Waals surface area contributed by atoms with E-state index in [1.54, 1.807) is 26.8 Å². The molecule has 1 aromatic rings. The summed E-state index contributed by atoms with van der Waals surface area (Å²) < 4.78 is 18.1. The van der Waals surface area contributed by atoms with Crippen LogP contribution in [0.2, 0.25) is 0 Å². The number of ether oxygens (including phenoxy) is 1. The Morgan fingerprint density at radius 2 is 2.19 bits per heavy atom. The first kappa shape index (κ1) is 12.4. The maximum atomic E-state index is 13.1. The molecule has 0 radical (unpaired) electrons. The minimum absolute atomic E-state index is 0.258. The number of rotatable bonds is 2. The molecule has 0 atom stereocenters. The highest BCUT2D eigenvalue weighted by atomic mass is 19.1. The highest BCUT2D eigenvalue weighted by molar-refractivity contribution is 5.87. The molecule has 3 nitrogen and oxygen atoms in total. The SMILES string of the molecule is CC(C)(C)OC(=O)/C=C/c1cccnc1F. The molecule has 0 N–H and O–H groups in total. The monoisotopic (exact) mass is 223 g/mol. The number of hydrogen-bond donors (Lipinski definition) is 0. The second kappa shape index (κ2) is 4.88. The lowest BCUT2D eigenvalue weighted by molar-refractivity contribution is -0.148. The zero-order valence-corrected chi connectivity index (χ0v) is 9.53. The van der Waals surface area contributed by atoms with Crippen LogP contribution in [0.5, 0.6) is 0 Å². The van der Waals surface area contributed by atoms with Crippen molar-refractivity contribution in [3.63, 3.8) is 0 Å². The molecule has 0 spiro atoms. The van der Waals surface area contributed by atoms with Gasteiger partial charge in [-0.2, -0.15) is 4.39 Å². The predicted octanol–water partition coefficient (Wildman–Crippen LogP) is 2.58. The van der Waals surface area contributed by atoms with Gasteiger partial charge in [-0.05, 0) is 39.0 Å². The molecule has 0 saturated heterocycles. The van der Waals surface area contributed by atoms with Gasteiger partial charge in [-0.15, -0.1) is 0 Å². The van der Waals surface area contributed by atoms with Crippen LogP contribution in [0.25, 0.3) is 6.08 Å². The molecule has 1 rings (SSSR count). The van der Waals surface area contributed by atoms with E-state index in [1.165, 1.54) is 24.4 Å². The van der Waals surface area contributed by atoms with Crippen molar-refractivity contribution < 1.29 is 13.9 Å². The van der Waals surface area contributed by atoms with Gasteiger partial charge in [0.05, 0.1) is 0 Å². The van der Waals surface area contributed by atoms with Gasteiger partial charge in [-0.1, -0.05) is 0 Å². The molecule has 16 heavy (non-hydrogen) atoms.